The van der Waals surface area contributed by atoms with Crippen molar-refractivity contribution < 1.29 is 0 Å². The molecule has 1 aliphatic heterocycles. The van der Waals surface area contributed by atoms with E-state index >= 15 is 0 Å². The van der Waals surface area contributed by atoms with Crippen molar-refractivity contribution in [3.63, 3.8) is 0 Å². The number of fused-ring (bicyclic) bond motifs is 1. The molecule has 0 radical (unpaired) electrons. The summed E-state index contributed by atoms with van der Waals surface area (Å²) in [6, 6.07) is 0.575. The molecule has 0 aromatic carbocycles. The molecule has 0 amide bonds. The van der Waals surface area contributed by atoms with Crippen LogP contribution in [0, 0.1) is 0 Å². The summed E-state index contributed by atoms with van der Waals surface area (Å²) >= 11 is 0. The number of nitrogens with two attached hydrogens (primary N) is 1. The van der Waals surface area contributed by atoms with Crippen molar-refractivity contribution in [3.8, 4) is 0 Å². The summed E-state index contributed by atoms with van der Waals surface area (Å²) in [5, 5.41) is 11.9. The Labute approximate surface area is 119 Å². The van der Waals surface area contributed by atoms with Gasteiger partial charge in [0.2, 0.25) is 0 Å². The molecular formula is C14H24N6. The smallest absolute Gasteiger partial charge is 0.188 e. The SMILES string of the molecule is NC(=NCCCc1nnc2n1CCCCC2)NC1CC1. The molecule has 2 aliphatic rings. The number of aliphatic imine (C=N–C) groups is 1. The lowest BCUT2D eigenvalue weighted by Gasteiger charge is -2.06. The summed E-state index contributed by atoms with van der Waals surface area (Å²) < 4.78 is 2.31. The second-order valence-electron chi connectivity index (χ2n) is 5.78. The van der Waals surface area contributed by atoms with Crippen LogP contribution >= 0.6 is 0 Å². The van der Waals surface area contributed by atoms with Crippen LogP contribution in [0.15, 0.2) is 4.99 Å². The van der Waals surface area contributed by atoms with Gasteiger partial charge in [-0.15, -0.1) is 10.2 Å². The van der Waals surface area contributed by atoms with E-state index in [0.717, 1.165) is 44.0 Å². The van der Waals surface area contributed by atoms with E-state index in [4.69, 9.17) is 5.73 Å². The lowest BCUT2D eigenvalue weighted by atomic mass is 10.2. The first-order valence-electron chi connectivity index (χ1n) is 7.80. The van der Waals surface area contributed by atoms with Crippen molar-refractivity contribution in [2.45, 2.75) is 64.0 Å². The molecule has 0 unspecified atom stereocenters. The molecule has 3 N–H and O–H groups in total. The van der Waals surface area contributed by atoms with Crippen LogP contribution in [0.4, 0.5) is 0 Å². The quantitative estimate of drug-likeness (QED) is 0.478. The topological polar surface area (TPSA) is 81.1 Å². The lowest BCUT2D eigenvalue weighted by molar-refractivity contribution is 0.597. The molecule has 0 saturated heterocycles. The molecular weight excluding hydrogens is 252 g/mol. The van der Waals surface area contributed by atoms with Crippen LogP contribution in [0.1, 0.15) is 50.2 Å². The van der Waals surface area contributed by atoms with Crippen LogP contribution in [-0.4, -0.2) is 33.3 Å². The molecule has 1 aromatic rings. The monoisotopic (exact) mass is 276 g/mol. The van der Waals surface area contributed by atoms with Crippen LogP contribution in [0.2, 0.25) is 0 Å². The first-order chi connectivity index (χ1) is 9.83. The highest BCUT2D eigenvalue weighted by atomic mass is 15.3. The third-order valence-corrected chi connectivity index (χ3v) is 3.96. The Morgan fingerprint density at radius 3 is 3.05 bits per heavy atom. The Kier molecular flexibility index (Phi) is 4.18. The standard InChI is InChI=1S/C14H24N6/c15-14(17-11-7-8-11)16-9-4-6-13-19-18-12-5-2-1-3-10-20(12)13/h11H,1-10H2,(H3,15,16,17). The molecule has 0 bridgehead atoms. The Bertz CT molecular complexity index is 474. The minimum absolute atomic E-state index is 0.575. The largest absolute Gasteiger partial charge is 0.370 e. The van der Waals surface area contributed by atoms with Crippen molar-refractivity contribution in [3.05, 3.63) is 11.6 Å². The normalized spacial score (nSPS) is 19.5. The number of nitrogens with zero attached hydrogens (tertiary/aromatic N) is 4. The van der Waals surface area contributed by atoms with E-state index in [1.54, 1.807) is 0 Å². The molecule has 3 rings (SSSR count). The third kappa shape index (κ3) is 3.49. The van der Waals surface area contributed by atoms with Gasteiger partial charge in [0.15, 0.2) is 5.96 Å². The summed E-state index contributed by atoms with van der Waals surface area (Å²) in [5.74, 6) is 2.87. The molecule has 6 nitrogen and oxygen atoms in total. The van der Waals surface area contributed by atoms with Gasteiger partial charge in [-0.1, -0.05) is 6.42 Å². The van der Waals surface area contributed by atoms with Gasteiger partial charge in [0.25, 0.3) is 0 Å². The van der Waals surface area contributed by atoms with E-state index in [2.05, 4.69) is 25.1 Å². The predicted octanol–water partition coefficient (Wildman–Crippen LogP) is 1.00. The minimum Gasteiger partial charge on any atom is -0.370 e. The van der Waals surface area contributed by atoms with E-state index < -0.39 is 0 Å². The number of hydrogen-bond donors (Lipinski definition) is 2. The van der Waals surface area contributed by atoms with E-state index in [1.807, 2.05) is 0 Å². The summed E-state index contributed by atoms with van der Waals surface area (Å²) in [7, 11) is 0. The number of rotatable bonds is 5. The van der Waals surface area contributed by atoms with E-state index in [0.29, 0.717) is 12.0 Å². The Morgan fingerprint density at radius 1 is 1.30 bits per heavy atom. The maximum atomic E-state index is 5.81. The average Bonchev–Trinajstić information content (AvgIpc) is 3.21. The zero-order valence-electron chi connectivity index (χ0n) is 12.0. The van der Waals surface area contributed by atoms with Gasteiger partial charge in [-0.05, 0) is 32.1 Å². The van der Waals surface area contributed by atoms with Gasteiger partial charge in [0.05, 0.1) is 0 Å². The highest BCUT2D eigenvalue weighted by molar-refractivity contribution is 5.78. The van der Waals surface area contributed by atoms with E-state index in [-0.39, 0.29) is 0 Å². The Morgan fingerprint density at radius 2 is 2.20 bits per heavy atom. The highest BCUT2D eigenvalue weighted by Crippen LogP contribution is 2.18. The molecule has 20 heavy (non-hydrogen) atoms. The minimum atomic E-state index is 0.575. The molecule has 2 heterocycles. The highest BCUT2D eigenvalue weighted by Gasteiger charge is 2.21. The van der Waals surface area contributed by atoms with Crippen molar-refractivity contribution in [1.82, 2.24) is 20.1 Å². The predicted molar refractivity (Wildman–Crippen MR) is 78.5 cm³/mol. The van der Waals surface area contributed by atoms with Gasteiger partial charge < -0.3 is 15.6 Å². The van der Waals surface area contributed by atoms with Crippen LogP contribution in [0.25, 0.3) is 0 Å². The number of hydrogen-bond acceptors (Lipinski definition) is 3. The van der Waals surface area contributed by atoms with Crippen LogP contribution in [0.3, 0.4) is 0 Å². The second kappa shape index (κ2) is 6.24. The Hall–Kier alpha value is -1.59. The summed E-state index contributed by atoms with van der Waals surface area (Å²) in [6.07, 6.45) is 9.22. The molecule has 1 fully saturated rings. The van der Waals surface area contributed by atoms with Crippen molar-refractivity contribution in [2.75, 3.05) is 6.54 Å². The molecule has 6 heteroatoms. The van der Waals surface area contributed by atoms with Gasteiger partial charge in [0.1, 0.15) is 11.6 Å². The average molecular weight is 276 g/mol. The molecule has 110 valence electrons. The molecule has 1 aliphatic carbocycles. The van der Waals surface area contributed by atoms with Gasteiger partial charge in [-0.3, -0.25) is 4.99 Å². The van der Waals surface area contributed by atoms with E-state index in [1.165, 1.54) is 32.1 Å². The van der Waals surface area contributed by atoms with Gasteiger partial charge in [-0.25, -0.2) is 0 Å². The fraction of sp³-hybridized carbons (Fsp3) is 0.786. The molecule has 1 saturated carbocycles. The molecule has 0 spiro atoms. The number of nitrogens with one attached hydrogen (secondary N) is 1. The summed E-state index contributed by atoms with van der Waals surface area (Å²) in [4.78, 5) is 4.36. The molecule has 0 atom stereocenters. The van der Waals surface area contributed by atoms with Crippen LogP contribution in [-0.2, 0) is 19.4 Å². The van der Waals surface area contributed by atoms with Gasteiger partial charge >= 0.3 is 0 Å². The lowest BCUT2D eigenvalue weighted by Crippen LogP contribution is -2.33. The van der Waals surface area contributed by atoms with Crippen molar-refractivity contribution >= 4 is 5.96 Å². The third-order valence-electron chi connectivity index (χ3n) is 3.96. The molecule has 1 aromatic heterocycles. The van der Waals surface area contributed by atoms with E-state index in [9.17, 15) is 0 Å². The summed E-state index contributed by atoms with van der Waals surface area (Å²) in [6.45, 7) is 1.83. The number of guanidine groups is 1. The number of aryl methyl sites for hydroxylation is 2. The van der Waals surface area contributed by atoms with Crippen molar-refractivity contribution in [1.29, 1.82) is 0 Å². The second-order valence-corrected chi connectivity index (χ2v) is 5.78. The fourth-order valence-corrected chi connectivity index (χ4v) is 2.65. The van der Waals surface area contributed by atoms with Gasteiger partial charge in [-0.2, -0.15) is 0 Å². The van der Waals surface area contributed by atoms with Crippen LogP contribution in [0.5, 0.6) is 0 Å². The first-order valence-corrected chi connectivity index (χ1v) is 7.80. The summed E-state index contributed by atoms with van der Waals surface area (Å²) in [5.41, 5.74) is 5.81. The number of aromatic nitrogens is 3. The van der Waals surface area contributed by atoms with Crippen LogP contribution < -0.4 is 11.1 Å². The van der Waals surface area contributed by atoms with Crippen molar-refractivity contribution in [2.24, 2.45) is 10.7 Å². The fourth-order valence-electron chi connectivity index (χ4n) is 2.65. The maximum absolute atomic E-state index is 5.81. The zero-order valence-corrected chi connectivity index (χ0v) is 12.0. The first kappa shape index (κ1) is 13.4. The maximum Gasteiger partial charge on any atom is 0.188 e. The zero-order chi connectivity index (χ0) is 13.8. The Balaban J connectivity index is 1.47. The van der Waals surface area contributed by atoms with Gasteiger partial charge in [0, 0.05) is 32.0 Å².